The van der Waals surface area contributed by atoms with Gasteiger partial charge in [0.05, 0.1) is 72.9 Å². The van der Waals surface area contributed by atoms with E-state index in [1.807, 2.05) is 0 Å². The Kier molecular flexibility index (Phi) is 15.3. The molecule has 0 aliphatic carbocycles. The van der Waals surface area contributed by atoms with Crippen LogP contribution < -0.4 is 5.73 Å². The van der Waals surface area contributed by atoms with Crippen LogP contribution in [-0.4, -0.2) is 97.5 Å². The lowest BCUT2D eigenvalue weighted by atomic mass is 10.1. The van der Waals surface area contributed by atoms with Crippen molar-refractivity contribution in [3.8, 4) is 5.75 Å². The van der Waals surface area contributed by atoms with Crippen molar-refractivity contribution < 1.29 is 95.4 Å². The van der Waals surface area contributed by atoms with Gasteiger partial charge in [-0.1, -0.05) is 10.1 Å². The van der Waals surface area contributed by atoms with E-state index in [2.05, 4.69) is 43.4 Å². The van der Waals surface area contributed by atoms with Crippen molar-refractivity contribution in [2.75, 3.05) is 29.6 Å². The topological polar surface area (TPSA) is 414 Å². The second-order valence-corrected chi connectivity index (χ2v) is 19.5. The molecule has 4 rings (SSSR count). The molecular formula is C27H25N5O21S6. The molecular weight excluding hydrogens is 923 g/mol. The van der Waals surface area contributed by atoms with E-state index in [-0.39, 0.29) is 32.9 Å². The van der Waals surface area contributed by atoms with Crippen molar-refractivity contribution in [1.82, 2.24) is 0 Å². The molecule has 8 N–H and O–H groups in total. The van der Waals surface area contributed by atoms with Crippen LogP contribution in [0.2, 0.25) is 0 Å². The first-order valence-corrected chi connectivity index (χ1v) is 23.1. The van der Waals surface area contributed by atoms with E-state index < -0.39 is 130 Å². The number of benzene rings is 4. The van der Waals surface area contributed by atoms with Gasteiger partial charge in [-0.2, -0.15) is 21.9 Å². The first kappa shape index (κ1) is 47.0. The average molecular weight is 948 g/mol. The summed E-state index contributed by atoms with van der Waals surface area (Å²) in [5.74, 6) is -4.98. The highest BCUT2D eigenvalue weighted by molar-refractivity contribution is 7.94. The molecule has 32 heteroatoms. The molecule has 0 heterocycles. The Labute approximate surface area is 338 Å². The fourth-order valence-corrected chi connectivity index (χ4v) is 9.67. The number of anilines is 1. The van der Waals surface area contributed by atoms with Crippen molar-refractivity contribution in [3.05, 3.63) is 60.2 Å². The molecule has 0 saturated carbocycles. The molecule has 0 radical (unpaired) electrons. The monoisotopic (exact) mass is 947 g/mol. The van der Waals surface area contributed by atoms with Crippen LogP contribution in [0.3, 0.4) is 0 Å². The molecule has 1 unspecified atom stereocenters. The Morgan fingerprint density at radius 2 is 1.42 bits per heavy atom. The van der Waals surface area contributed by atoms with E-state index in [0.29, 0.717) is 0 Å². The lowest BCUT2D eigenvalue weighted by molar-refractivity contribution is -0.434. The average Bonchev–Trinajstić information content (AvgIpc) is 3.14. The van der Waals surface area contributed by atoms with E-state index in [1.54, 1.807) is 0 Å². The molecule has 0 fully saturated rings. The van der Waals surface area contributed by atoms with E-state index in [0.717, 1.165) is 54.6 Å². The Morgan fingerprint density at radius 1 is 0.797 bits per heavy atom. The van der Waals surface area contributed by atoms with Crippen LogP contribution in [0.25, 0.3) is 10.8 Å². The number of carboxylic acids is 1. The van der Waals surface area contributed by atoms with Crippen LogP contribution in [0.15, 0.2) is 94.6 Å². The zero-order chi connectivity index (χ0) is 43.9. The smallest absolute Gasteiger partial charge is 0.397 e. The number of nitrogens with two attached hydrogens (primary N) is 1. The Morgan fingerprint density at radius 3 is 2.02 bits per heavy atom. The van der Waals surface area contributed by atoms with Gasteiger partial charge in [0.2, 0.25) is 0 Å². The van der Waals surface area contributed by atoms with Crippen LogP contribution in [0.4, 0.5) is 28.4 Å². The van der Waals surface area contributed by atoms with E-state index in [9.17, 15) is 57.4 Å². The summed E-state index contributed by atoms with van der Waals surface area (Å²) < 4.78 is 140. The predicted molar refractivity (Wildman–Crippen MR) is 198 cm³/mol. The molecule has 4 aromatic rings. The Hall–Kier alpha value is -4.65. The molecule has 26 nitrogen and oxygen atoms in total. The second-order valence-electron chi connectivity index (χ2n) is 10.9. The minimum absolute atomic E-state index is 0.132. The van der Waals surface area contributed by atoms with Gasteiger partial charge in [0.15, 0.2) is 36.5 Å². The largest absolute Gasteiger partial charge is 0.505 e. The van der Waals surface area contributed by atoms with E-state index in [1.165, 1.54) is 0 Å². The molecule has 59 heavy (non-hydrogen) atoms. The molecule has 320 valence electrons. The number of aromatic hydroxyl groups is 1. The number of rotatable bonds is 20. The molecule has 0 bridgehead atoms. The molecule has 0 aliphatic heterocycles. The van der Waals surface area contributed by atoms with Crippen LogP contribution >= 0.6 is 12.0 Å². The minimum atomic E-state index is -5.20. The fraction of sp³-hybridized carbons (Fsp3) is 0.148. The number of phenols is 1. The van der Waals surface area contributed by atoms with Crippen molar-refractivity contribution in [1.29, 1.82) is 0 Å². The SMILES string of the molecule is Nc1c(N=Nc2ccc(S(=O)(=O)CCOS(=O)(=O)O)cc2)c(S(=O)(=O)O)cc2cc(SOOO)c(N=Nc3cc(S(=O)(=O)CCS(=O)OOO)ccc3C(=O)O)c(O)c12. The van der Waals surface area contributed by atoms with Gasteiger partial charge in [-0.15, -0.1) is 24.0 Å². The maximum absolute atomic E-state index is 12.9. The van der Waals surface area contributed by atoms with Gasteiger partial charge < -0.3 is 15.9 Å². The van der Waals surface area contributed by atoms with Crippen LogP contribution in [0.5, 0.6) is 5.75 Å². The number of carboxylic acid groups (broad SMARTS) is 1. The summed E-state index contributed by atoms with van der Waals surface area (Å²) in [6, 6.07) is 8.47. The van der Waals surface area contributed by atoms with Crippen LogP contribution in [0.1, 0.15) is 10.4 Å². The maximum Gasteiger partial charge on any atom is 0.397 e. The van der Waals surface area contributed by atoms with Gasteiger partial charge in [-0.25, -0.2) is 40.5 Å². The maximum atomic E-state index is 12.9. The summed E-state index contributed by atoms with van der Waals surface area (Å²) in [7, 11) is -18.6. The number of hydrogen-bond acceptors (Lipinski definition) is 24. The first-order chi connectivity index (χ1) is 27.5. The molecule has 4 aromatic carbocycles. The zero-order valence-electron chi connectivity index (χ0n) is 28.6. The molecule has 0 aromatic heterocycles. The van der Waals surface area contributed by atoms with Gasteiger partial charge in [0.25, 0.3) is 10.1 Å². The third kappa shape index (κ3) is 12.2. The van der Waals surface area contributed by atoms with Crippen LogP contribution in [0, 0.1) is 0 Å². The first-order valence-electron chi connectivity index (χ1n) is 15.0. The highest BCUT2D eigenvalue weighted by atomic mass is 32.3. The van der Waals surface area contributed by atoms with Gasteiger partial charge in [-0.3, -0.25) is 9.11 Å². The third-order valence-electron chi connectivity index (χ3n) is 7.23. The molecule has 0 spiro atoms. The Bertz CT molecular complexity index is 2800. The summed E-state index contributed by atoms with van der Waals surface area (Å²) in [5.41, 5.74) is 2.76. The number of nitrogen functional groups attached to an aromatic ring is 1. The number of nitrogens with zero attached hydrogens (tertiary/aromatic N) is 4. The second kappa shape index (κ2) is 19.2. The number of carbonyl (C=O) groups is 1. The number of aromatic carboxylic acids is 1. The number of sulfone groups is 2. The summed E-state index contributed by atoms with van der Waals surface area (Å²) in [6.07, 6.45) is 0. The highest BCUT2D eigenvalue weighted by Crippen LogP contribution is 2.49. The van der Waals surface area contributed by atoms with Crippen molar-refractivity contribution in [2.45, 2.75) is 19.6 Å². The zero-order valence-corrected chi connectivity index (χ0v) is 33.5. The highest BCUT2D eigenvalue weighted by Gasteiger charge is 2.26. The minimum Gasteiger partial charge on any atom is -0.505 e. The Balaban J connectivity index is 1.83. The molecule has 0 amide bonds. The summed E-state index contributed by atoms with van der Waals surface area (Å²) in [5, 5.41) is 59.5. The number of hydrogen-bond donors (Lipinski definition) is 7. The summed E-state index contributed by atoms with van der Waals surface area (Å²) >= 11 is -2.27. The normalized spacial score (nSPS) is 13.4. The predicted octanol–water partition coefficient (Wildman–Crippen LogP) is 3.78. The van der Waals surface area contributed by atoms with Gasteiger partial charge in [-0.05, 0) is 60.0 Å². The van der Waals surface area contributed by atoms with Gasteiger partial charge in [0, 0.05) is 0 Å². The quantitative estimate of drug-likeness (QED) is 0.0165. The lowest BCUT2D eigenvalue weighted by Gasteiger charge is -2.14. The van der Waals surface area contributed by atoms with Crippen LogP contribution in [-0.2, 0) is 74.2 Å². The van der Waals surface area contributed by atoms with Crippen molar-refractivity contribution in [2.24, 2.45) is 20.5 Å². The van der Waals surface area contributed by atoms with Crippen molar-refractivity contribution in [3.63, 3.8) is 0 Å². The van der Waals surface area contributed by atoms with E-state index >= 15 is 0 Å². The van der Waals surface area contributed by atoms with Crippen molar-refractivity contribution >= 4 is 108 Å². The van der Waals surface area contributed by atoms with E-state index in [4.69, 9.17) is 20.8 Å². The summed E-state index contributed by atoms with van der Waals surface area (Å²) in [4.78, 5) is 9.77. The number of azo groups is 2. The molecule has 0 aliphatic rings. The standard InChI is InChI=1S/C27H25N5O21S6/c28-23-22-14(12-21(58(43,44)45)25(23)32-29-15-1-3-16(4-2-15)56(39,40)9-7-49-59(46,47)48)11-20(54-52-50-36)24(26(22)33)31-30-19-13-17(5-6-18(19)27(34)35)57(41,42)10-8-55(38)53-51-37/h1-6,11-13,33,36-37H,7-10,28H2,(H,34,35)(H,43,44,45)(H,46,47,48). The number of phenolic OH excluding ortho intramolecular Hbond substituents is 1. The molecule has 1 atom stereocenters. The van der Waals surface area contributed by atoms with Gasteiger partial charge >= 0.3 is 16.4 Å². The third-order valence-corrected chi connectivity index (χ3v) is 13.6. The summed E-state index contributed by atoms with van der Waals surface area (Å²) in [6.45, 7) is -0.910. The molecule has 0 saturated heterocycles. The lowest BCUT2D eigenvalue weighted by Crippen LogP contribution is -2.15. The number of fused-ring (bicyclic) bond motifs is 1. The van der Waals surface area contributed by atoms with Gasteiger partial charge in [0.1, 0.15) is 22.0 Å². The fourth-order valence-electron chi connectivity index (χ4n) is 4.65.